The van der Waals surface area contributed by atoms with Crippen LogP contribution >= 0.6 is 0 Å². The van der Waals surface area contributed by atoms with E-state index in [1.54, 1.807) is 0 Å². The summed E-state index contributed by atoms with van der Waals surface area (Å²) in [6.45, 7) is 10.3. The first-order valence-electron chi connectivity index (χ1n) is 4.19. The van der Waals surface area contributed by atoms with Crippen molar-refractivity contribution >= 4 is 0 Å². The summed E-state index contributed by atoms with van der Waals surface area (Å²) in [6, 6.07) is 0. The van der Waals surface area contributed by atoms with E-state index in [1.807, 2.05) is 34.6 Å². The predicted octanol–water partition coefficient (Wildman–Crippen LogP) is 1.77. The van der Waals surface area contributed by atoms with Gasteiger partial charge >= 0.3 is 0 Å². The summed E-state index contributed by atoms with van der Waals surface area (Å²) in [6.07, 6.45) is 0.473. The largest absolute Gasteiger partial charge is 0.392 e. The maximum atomic E-state index is 8.54. The summed E-state index contributed by atoms with van der Waals surface area (Å²) < 4.78 is 0. The standard InChI is InChI=1S/C4H11NO.2C2H6/c1-2-4(6)3-5;2*1-2/h4,6H,2-3,5H2,1H3;2*1-2H3. The lowest BCUT2D eigenvalue weighted by molar-refractivity contribution is 0.179. The van der Waals surface area contributed by atoms with Gasteiger partial charge in [-0.15, -0.1) is 0 Å². The lowest BCUT2D eigenvalue weighted by atomic mass is 10.3. The third-order valence-electron chi connectivity index (χ3n) is 0.743. The summed E-state index contributed by atoms with van der Waals surface area (Å²) in [5.41, 5.74) is 5.03. The molecule has 0 heterocycles. The zero-order valence-electron chi connectivity index (χ0n) is 8.02. The van der Waals surface area contributed by atoms with E-state index in [2.05, 4.69) is 0 Å². The molecule has 66 valence electrons. The summed E-state index contributed by atoms with van der Waals surface area (Å²) in [7, 11) is 0. The second-order valence-electron chi connectivity index (χ2n) is 1.30. The Balaban J connectivity index is -0.000000105. The minimum Gasteiger partial charge on any atom is -0.392 e. The topological polar surface area (TPSA) is 46.2 Å². The molecule has 0 aromatic heterocycles. The molecule has 2 heteroatoms. The number of rotatable bonds is 2. The van der Waals surface area contributed by atoms with Gasteiger partial charge in [-0.05, 0) is 6.42 Å². The lowest BCUT2D eigenvalue weighted by Gasteiger charge is -1.98. The third kappa shape index (κ3) is 24.7. The van der Waals surface area contributed by atoms with E-state index in [-0.39, 0.29) is 6.10 Å². The Hall–Kier alpha value is -0.0800. The van der Waals surface area contributed by atoms with Gasteiger partial charge in [0.05, 0.1) is 6.10 Å². The number of hydrogen-bond donors (Lipinski definition) is 2. The molecule has 1 atom stereocenters. The zero-order valence-corrected chi connectivity index (χ0v) is 8.02. The minimum atomic E-state index is -0.287. The first-order chi connectivity index (χ1) is 4.81. The van der Waals surface area contributed by atoms with Gasteiger partial charge in [0.1, 0.15) is 0 Å². The number of aliphatic hydroxyl groups excluding tert-OH is 1. The van der Waals surface area contributed by atoms with Crippen molar-refractivity contribution in [1.82, 2.24) is 0 Å². The molecular formula is C8H23NO. The van der Waals surface area contributed by atoms with E-state index in [9.17, 15) is 0 Å². The molecule has 0 spiro atoms. The van der Waals surface area contributed by atoms with Gasteiger partial charge in [-0.25, -0.2) is 0 Å². The molecule has 0 amide bonds. The molecule has 10 heavy (non-hydrogen) atoms. The molecule has 0 saturated carbocycles. The number of hydrogen-bond acceptors (Lipinski definition) is 2. The molecule has 1 unspecified atom stereocenters. The van der Waals surface area contributed by atoms with Crippen LogP contribution in [-0.4, -0.2) is 17.8 Å². The Kier molecular flexibility index (Phi) is 38.1. The second-order valence-corrected chi connectivity index (χ2v) is 1.30. The second kappa shape index (κ2) is 23.1. The molecule has 0 rings (SSSR count). The Labute approximate surface area is 65.4 Å². The van der Waals surface area contributed by atoms with E-state index < -0.39 is 0 Å². The predicted molar refractivity (Wildman–Crippen MR) is 48.0 cm³/mol. The van der Waals surface area contributed by atoms with Crippen LogP contribution in [-0.2, 0) is 0 Å². The van der Waals surface area contributed by atoms with Gasteiger partial charge in [0, 0.05) is 6.54 Å². The van der Waals surface area contributed by atoms with Crippen LogP contribution in [0.4, 0.5) is 0 Å². The first kappa shape index (κ1) is 16.5. The summed E-state index contributed by atoms with van der Waals surface area (Å²) in [5.74, 6) is 0. The third-order valence-corrected chi connectivity index (χ3v) is 0.743. The quantitative estimate of drug-likeness (QED) is 0.628. The van der Waals surface area contributed by atoms with Gasteiger partial charge in [-0.3, -0.25) is 0 Å². The first-order valence-corrected chi connectivity index (χ1v) is 4.19. The monoisotopic (exact) mass is 149 g/mol. The Morgan fingerprint density at radius 2 is 1.50 bits per heavy atom. The van der Waals surface area contributed by atoms with Crippen molar-refractivity contribution in [2.45, 2.75) is 47.1 Å². The van der Waals surface area contributed by atoms with Crippen LogP contribution in [0.3, 0.4) is 0 Å². The maximum Gasteiger partial charge on any atom is 0.0659 e. The van der Waals surface area contributed by atoms with Gasteiger partial charge < -0.3 is 10.8 Å². The highest BCUT2D eigenvalue weighted by Gasteiger charge is 1.90. The van der Waals surface area contributed by atoms with Crippen molar-refractivity contribution in [1.29, 1.82) is 0 Å². The molecule has 0 saturated heterocycles. The van der Waals surface area contributed by atoms with Crippen LogP contribution in [0, 0.1) is 0 Å². The SMILES string of the molecule is CC.CC.CCC(O)CN. The molecule has 0 aromatic carbocycles. The maximum absolute atomic E-state index is 8.54. The summed E-state index contributed by atoms with van der Waals surface area (Å²) in [5, 5.41) is 8.54. The van der Waals surface area contributed by atoms with Crippen LogP contribution in [0.25, 0.3) is 0 Å². The van der Waals surface area contributed by atoms with E-state index >= 15 is 0 Å². The fourth-order valence-electron chi connectivity index (χ4n) is 0.167. The van der Waals surface area contributed by atoms with Crippen LogP contribution in [0.2, 0.25) is 0 Å². The fourth-order valence-corrected chi connectivity index (χ4v) is 0.167. The highest BCUT2D eigenvalue weighted by atomic mass is 16.3. The van der Waals surface area contributed by atoms with Crippen LogP contribution < -0.4 is 5.73 Å². The van der Waals surface area contributed by atoms with Crippen molar-refractivity contribution in [3.63, 3.8) is 0 Å². The van der Waals surface area contributed by atoms with E-state index in [4.69, 9.17) is 10.8 Å². The van der Waals surface area contributed by atoms with Crippen molar-refractivity contribution in [3.05, 3.63) is 0 Å². The number of aliphatic hydroxyl groups is 1. The Bertz CT molecular complexity index is 28.4. The van der Waals surface area contributed by atoms with Crippen molar-refractivity contribution < 1.29 is 5.11 Å². The molecule has 0 bridgehead atoms. The lowest BCUT2D eigenvalue weighted by Crippen LogP contribution is -2.17. The molecule has 0 radical (unpaired) electrons. The Morgan fingerprint density at radius 1 is 1.20 bits per heavy atom. The highest BCUT2D eigenvalue weighted by molar-refractivity contribution is 4.48. The van der Waals surface area contributed by atoms with Crippen molar-refractivity contribution in [2.24, 2.45) is 5.73 Å². The zero-order chi connectivity index (χ0) is 8.99. The highest BCUT2D eigenvalue weighted by Crippen LogP contribution is 1.81. The van der Waals surface area contributed by atoms with Gasteiger partial charge in [0.2, 0.25) is 0 Å². The average molecular weight is 149 g/mol. The summed E-state index contributed by atoms with van der Waals surface area (Å²) >= 11 is 0. The summed E-state index contributed by atoms with van der Waals surface area (Å²) in [4.78, 5) is 0. The van der Waals surface area contributed by atoms with Gasteiger partial charge in [0.15, 0.2) is 0 Å². The van der Waals surface area contributed by atoms with Gasteiger partial charge in [-0.1, -0.05) is 34.6 Å². The van der Waals surface area contributed by atoms with Crippen molar-refractivity contribution in [2.75, 3.05) is 6.54 Å². The van der Waals surface area contributed by atoms with E-state index in [0.29, 0.717) is 6.54 Å². The smallest absolute Gasteiger partial charge is 0.0659 e. The van der Waals surface area contributed by atoms with Gasteiger partial charge in [0.25, 0.3) is 0 Å². The fraction of sp³-hybridized carbons (Fsp3) is 1.00. The van der Waals surface area contributed by atoms with Crippen LogP contribution in [0.15, 0.2) is 0 Å². The molecule has 0 aliphatic carbocycles. The molecular weight excluding hydrogens is 126 g/mol. The van der Waals surface area contributed by atoms with Gasteiger partial charge in [-0.2, -0.15) is 0 Å². The molecule has 0 aliphatic rings. The minimum absolute atomic E-state index is 0.287. The van der Waals surface area contributed by atoms with Crippen molar-refractivity contribution in [3.8, 4) is 0 Å². The normalized spacial score (nSPS) is 9.90. The van der Waals surface area contributed by atoms with Crippen LogP contribution in [0.5, 0.6) is 0 Å². The molecule has 0 aromatic rings. The number of nitrogens with two attached hydrogens (primary N) is 1. The molecule has 2 nitrogen and oxygen atoms in total. The van der Waals surface area contributed by atoms with E-state index in [1.165, 1.54) is 0 Å². The molecule has 3 N–H and O–H groups in total. The molecule has 0 fully saturated rings. The Morgan fingerprint density at radius 3 is 1.50 bits per heavy atom. The average Bonchev–Trinajstić information content (AvgIpc) is 2.10. The molecule has 0 aliphatic heterocycles. The van der Waals surface area contributed by atoms with E-state index in [0.717, 1.165) is 6.42 Å². The van der Waals surface area contributed by atoms with Crippen LogP contribution in [0.1, 0.15) is 41.0 Å².